The molecule has 0 spiro atoms. The minimum atomic E-state index is -1.65. The zero-order valence-electron chi connectivity index (χ0n) is 35.1. The fraction of sp³-hybridized carbons (Fsp3) is 0.907. The van der Waals surface area contributed by atoms with E-state index in [4.69, 9.17) is 9.84 Å². The summed E-state index contributed by atoms with van der Waals surface area (Å²) in [5.74, 6) is -3.09. The second-order valence-corrected chi connectivity index (χ2v) is 15.9. The molecule has 56 heavy (non-hydrogen) atoms. The standard InChI is InChI=1S/C43H81N3O10/c1-3-5-7-9-11-13-15-16-17-18-19-20-22-24-26-28-37(50)46(31-27-25-23-21-14-12-10-8-6-4-2)43-39(41(54)40(53)35(33-48)56-43)45-42(55)34(32-47)44-36(49)29-30-38(51)52/h34-35,39-41,43,47-48,53-54H,3-33H2,1-2H3,(H,44,49)(H,45,55)(H,51,52)/t34-,35+,39+,40+,41+,43+/m0/s1. The monoisotopic (exact) mass is 800 g/mol. The number of carbonyl (C=O) groups excluding carboxylic acids is 3. The lowest BCUT2D eigenvalue weighted by Gasteiger charge is -2.47. The van der Waals surface area contributed by atoms with E-state index in [1.807, 2.05) is 0 Å². The lowest BCUT2D eigenvalue weighted by molar-refractivity contribution is -0.231. The zero-order chi connectivity index (χ0) is 41.4. The summed E-state index contributed by atoms with van der Waals surface area (Å²) in [6, 6.07) is -2.83. The van der Waals surface area contributed by atoms with Gasteiger partial charge in [-0.2, -0.15) is 0 Å². The van der Waals surface area contributed by atoms with Gasteiger partial charge in [0.2, 0.25) is 17.7 Å². The zero-order valence-corrected chi connectivity index (χ0v) is 35.1. The molecule has 0 radical (unpaired) electrons. The number of aliphatic carboxylic acids is 1. The normalized spacial score (nSPS) is 20.1. The summed E-state index contributed by atoms with van der Waals surface area (Å²) in [5, 5.41) is 55.7. The number of nitrogens with zero attached hydrogens (tertiary/aromatic N) is 1. The summed E-state index contributed by atoms with van der Waals surface area (Å²) in [6.45, 7) is 3.28. The third-order valence-corrected chi connectivity index (χ3v) is 11.0. The molecule has 328 valence electrons. The minimum absolute atomic E-state index is 0.221. The molecular formula is C43H81N3O10. The number of nitrogens with one attached hydrogen (secondary N) is 2. The van der Waals surface area contributed by atoms with Gasteiger partial charge in [-0.15, -0.1) is 0 Å². The first-order valence-corrected chi connectivity index (χ1v) is 22.4. The fourth-order valence-corrected chi connectivity index (χ4v) is 7.42. The van der Waals surface area contributed by atoms with Crippen molar-refractivity contribution >= 4 is 23.7 Å². The molecule has 7 N–H and O–H groups in total. The van der Waals surface area contributed by atoms with Crippen LogP contribution >= 0.6 is 0 Å². The second kappa shape index (κ2) is 33.6. The summed E-state index contributed by atoms with van der Waals surface area (Å²) in [6.07, 6.45) is 22.7. The molecule has 1 heterocycles. The number of rotatable bonds is 36. The van der Waals surface area contributed by atoms with Gasteiger partial charge in [-0.3, -0.25) is 19.2 Å². The van der Waals surface area contributed by atoms with Gasteiger partial charge in [0.15, 0.2) is 6.23 Å². The molecule has 1 saturated heterocycles. The third-order valence-electron chi connectivity index (χ3n) is 11.0. The van der Waals surface area contributed by atoms with Gasteiger partial charge in [0.25, 0.3) is 0 Å². The molecule has 0 bridgehead atoms. The van der Waals surface area contributed by atoms with Crippen LogP contribution < -0.4 is 10.6 Å². The van der Waals surface area contributed by atoms with Crippen LogP contribution in [0.25, 0.3) is 0 Å². The number of hydrogen-bond acceptors (Lipinski definition) is 9. The quantitative estimate of drug-likeness (QED) is 0.0354. The van der Waals surface area contributed by atoms with E-state index in [1.54, 1.807) is 0 Å². The maximum Gasteiger partial charge on any atom is 0.303 e. The molecule has 1 aliphatic heterocycles. The van der Waals surface area contributed by atoms with Crippen LogP contribution in [0.15, 0.2) is 0 Å². The predicted octanol–water partition coefficient (Wildman–Crippen LogP) is 6.26. The Labute approximate surface area is 338 Å². The number of carboxylic acids is 1. The Bertz CT molecular complexity index is 1030. The van der Waals surface area contributed by atoms with Crippen LogP contribution in [-0.4, -0.2) is 111 Å². The summed E-state index contributed by atoms with van der Waals surface area (Å²) < 4.78 is 6.06. The number of unbranched alkanes of at least 4 members (excludes halogenated alkanes) is 23. The number of carboxylic acid groups (broad SMARTS) is 1. The van der Waals surface area contributed by atoms with Gasteiger partial charge in [-0.05, 0) is 12.8 Å². The topological polar surface area (TPSA) is 206 Å². The number of hydrogen-bond donors (Lipinski definition) is 7. The highest BCUT2D eigenvalue weighted by Crippen LogP contribution is 2.26. The molecule has 0 aliphatic carbocycles. The Balaban J connectivity index is 2.86. The van der Waals surface area contributed by atoms with Crippen LogP contribution in [0.4, 0.5) is 0 Å². The van der Waals surface area contributed by atoms with Gasteiger partial charge < -0.3 is 45.8 Å². The van der Waals surface area contributed by atoms with E-state index in [1.165, 1.54) is 108 Å². The van der Waals surface area contributed by atoms with Gasteiger partial charge in [0.05, 0.1) is 19.6 Å². The molecule has 0 aromatic carbocycles. The van der Waals surface area contributed by atoms with E-state index < -0.39 is 80.5 Å². The van der Waals surface area contributed by atoms with Gasteiger partial charge in [0.1, 0.15) is 30.4 Å². The van der Waals surface area contributed by atoms with E-state index in [0.29, 0.717) is 12.8 Å². The first-order valence-electron chi connectivity index (χ1n) is 22.4. The van der Waals surface area contributed by atoms with Crippen LogP contribution in [0.2, 0.25) is 0 Å². The van der Waals surface area contributed by atoms with Crippen molar-refractivity contribution in [1.29, 1.82) is 0 Å². The molecule has 3 amide bonds. The maximum absolute atomic E-state index is 13.9. The number of carbonyl (C=O) groups is 4. The van der Waals surface area contributed by atoms with E-state index in [0.717, 1.165) is 44.9 Å². The van der Waals surface area contributed by atoms with Crippen LogP contribution in [0, 0.1) is 0 Å². The number of aliphatic hydroxyl groups is 4. The van der Waals surface area contributed by atoms with Crippen LogP contribution in [-0.2, 0) is 23.9 Å². The number of aliphatic hydroxyl groups excluding tert-OH is 4. The summed E-state index contributed by atoms with van der Waals surface area (Å²) in [7, 11) is 0. The molecule has 0 saturated carbocycles. The Morgan fingerprint density at radius 3 is 1.48 bits per heavy atom. The van der Waals surface area contributed by atoms with E-state index in [-0.39, 0.29) is 18.9 Å². The molecule has 1 fully saturated rings. The summed E-state index contributed by atoms with van der Waals surface area (Å²) in [5.41, 5.74) is 0. The Morgan fingerprint density at radius 1 is 0.607 bits per heavy atom. The number of ether oxygens (including phenoxy) is 1. The fourth-order valence-electron chi connectivity index (χ4n) is 7.42. The van der Waals surface area contributed by atoms with Crippen LogP contribution in [0.3, 0.4) is 0 Å². The lowest BCUT2D eigenvalue weighted by Crippen LogP contribution is -2.70. The van der Waals surface area contributed by atoms with Gasteiger partial charge in [0, 0.05) is 19.4 Å². The van der Waals surface area contributed by atoms with E-state index in [9.17, 15) is 39.6 Å². The second-order valence-electron chi connectivity index (χ2n) is 15.9. The maximum atomic E-state index is 13.9. The highest BCUT2D eigenvalue weighted by molar-refractivity contribution is 5.89. The highest BCUT2D eigenvalue weighted by atomic mass is 16.5. The van der Waals surface area contributed by atoms with Gasteiger partial charge in [-0.25, -0.2) is 0 Å². The predicted molar refractivity (Wildman–Crippen MR) is 219 cm³/mol. The number of amides is 3. The Kier molecular flexibility index (Phi) is 31.0. The van der Waals surface area contributed by atoms with Crippen molar-refractivity contribution in [2.45, 2.75) is 230 Å². The first-order chi connectivity index (χ1) is 27.1. The smallest absolute Gasteiger partial charge is 0.303 e. The van der Waals surface area contributed by atoms with Crippen molar-refractivity contribution in [3.63, 3.8) is 0 Å². The van der Waals surface area contributed by atoms with E-state index >= 15 is 0 Å². The van der Waals surface area contributed by atoms with Crippen molar-refractivity contribution in [3.8, 4) is 0 Å². The molecule has 1 aliphatic rings. The molecule has 6 atom stereocenters. The molecule has 1 rings (SSSR count). The van der Waals surface area contributed by atoms with Crippen molar-refractivity contribution in [3.05, 3.63) is 0 Å². The molecule has 13 heteroatoms. The summed E-state index contributed by atoms with van der Waals surface area (Å²) >= 11 is 0. The van der Waals surface area contributed by atoms with Gasteiger partial charge in [-0.1, -0.05) is 162 Å². The average Bonchev–Trinajstić information content (AvgIpc) is 3.18. The molecular weight excluding hydrogens is 718 g/mol. The molecule has 13 nitrogen and oxygen atoms in total. The Hall–Kier alpha value is -2.32. The SMILES string of the molecule is CCCCCCCCCCCCCCCCCC(=O)N(CCCCCCCCCCCC)[C@@H]1O[C@H](CO)[C@@H](O)[C@H](O)[C@H]1NC(=O)[C@H](CO)NC(=O)CCC(=O)O. The van der Waals surface area contributed by atoms with Gasteiger partial charge >= 0.3 is 5.97 Å². The van der Waals surface area contributed by atoms with Crippen molar-refractivity contribution in [2.75, 3.05) is 19.8 Å². The molecule has 0 aromatic heterocycles. The molecule has 0 unspecified atom stereocenters. The Morgan fingerprint density at radius 2 is 1.05 bits per heavy atom. The summed E-state index contributed by atoms with van der Waals surface area (Å²) in [4.78, 5) is 51.9. The first kappa shape index (κ1) is 51.7. The third kappa shape index (κ3) is 23.2. The van der Waals surface area contributed by atoms with Crippen LogP contribution in [0.5, 0.6) is 0 Å². The van der Waals surface area contributed by atoms with Crippen molar-refractivity contribution in [1.82, 2.24) is 15.5 Å². The lowest BCUT2D eigenvalue weighted by atomic mass is 9.94. The minimum Gasteiger partial charge on any atom is -0.481 e. The van der Waals surface area contributed by atoms with E-state index in [2.05, 4.69) is 24.5 Å². The molecule has 0 aromatic rings. The average molecular weight is 800 g/mol. The highest BCUT2D eigenvalue weighted by Gasteiger charge is 2.48. The van der Waals surface area contributed by atoms with Crippen LogP contribution in [0.1, 0.15) is 194 Å². The largest absolute Gasteiger partial charge is 0.481 e. The van der Waals surface area contributed by atoms with Crippen molar-refractivity contribution in [2.24, 2.45) is 0 Å². The van der Waals surface area contributed by atoms with Crippen molar-refractivity contribution < 1.29 is 49.4 Å².